The van der Waals surface area contributed by atoms with Gasteiger partial charge in [-0.05, 0) is 35.7 Å². The van der Waals surface area contributed by atoms with Crippen LogP contribution in [0.2, 0.25) is 5.02 Å². The standard InChI is InChI=1S/C30H35ClFN3O5S/c1-21(2)18-33-30(37)27(16-22-10-6-5-7-11-22)34(19-23-12-8-9-13-26(23)32)29(36)20-35(41(4,38)39)24-14-15-28(40-3)25(31)17-24/h5-15,17,21,27H,16,18-20H2,1-4H3,(H,33,37)/t27-/m1/s1. The van der Waals surface area contributed by atoms with E-state index in [9.17, 15) is 22.4 Å². The third-order valence-electron chi connectivity index (χ3n) is 6.36. The topological polar surface area (TPSA) is 96.0 Å². The number of amides is 2. The Kier molecular flexibility index (Phi) is 11.1. The summed E-state index contributed by atoms with van der Waals surface area (Å²) >= 11 is 6.25. The molecule has 3 aromatic carbocycles. The highest BCUT2D eigenvalue weighted by Crippen LogP contribution is 2.30. The second-order valence-corrected chi connectivity index (χ2v) is 12.4. The molecule has 0 fully saturated rings. The van der Waals surface area contributed by atoms with Gasteiger partial charge in [-0.1, -0.05) is 74.0 Å². The molecule has 0 aliphatic heterocycles. The Bertz CT molecular complexity index is 1450. The van der Waals surface area contributed by atoms with Crippen LogP contribution in [0.5, 0.6) is 5.75 Å². The first-order valence-electron chi connectivity index (χ1n) is 13.1. The molecule has 0 saturated heterocycles. The number of carbonyl (C=O) groups excluding carboxylic acids is 2. The van der Waals surface area contributed by atoms with Crippen molar-refractivity contribution in [2.24, 2.45) is 5.92 Å². The minimum absolute atomic E-state index is 0.137. The van der Waals surface area contributed by atoms with Crippen LogP contribution >= 0.6 is 11.6 Å². The molecule has 3 aromatic rings. The van der Waals surface area contributed by atoms with Gasteiger partial charge in [0.05, 0.1) is 24.1 Å². The zero-order valence-corrected chi connectivity index (χ0v) is 25.1. The number of carbonyl (C=O) groups is 2. The molecular formula is C30H35ClFN3O5S. The first-order valence-corrected chi connectivity index (χ1v) is 15.3. The van der Waals surface area contributed by atoms with Crippen LogP contribution in [0.3, 0.4) is 0 Å². The van der Waals surface area contributed by atoms with Crippen LogP contribution < -0.4 is 14.4 Å². The van der Waals surface area contributed by atoms with Crippen molar-refractivity contribution in [2.45, 2.75) is 32.9 Å². The van der Waals surface area contributed by atoms with Crippen molar-refractivity contribution in [3.05, 3.63) is 94.8 Å². The summed E-state index contributed by atoms with van der Waals surface area (Å²) < 4.78 is 46.6. The number of ether oxygens (including phenoxy) is 1. The van der Waals surface area contributed by atoms with Crippen LogP contribution in [0.15, 0.2) is 72.8 Å². The molecule has 41 heavy (non-hydrogen) atoms. The highest BCUT2D eigenvalue weighted by molar-refractivity contribution is 7.92. The van der Waals surface area contributed by atoms with Crippen molar-refractivity contribution in [1.29, 1.82) is 0 Å². The summed E-state index contributed by atoms with van der Waals surface area (Å²) in [5, 5.41) is 3.04. The molecule has 0 unspecified atom stereocenters. The number of hydrogen-bond acceptors (Lipinski definition) is 5. The van der Waals surface area contributed by atoms with Crippen LogP contribution in [0.1, 0.15) is 25.0 Å². The maximum atomic E-state index is 14.8. The van der Waals surface area contributed by atoms with Gasteiger partial charge >= 0.3 is 0 Å². The van der Waals surface area contributed by atoms with Crippen molar-refractivity contribution in [3.8, 4) is 5.75 Å². The zero-order valence-electron chi connectivity index (χ0n) is 23.5. The van der Waals surface area contributed by atoms with Gasteiger partial charge < -0.3 is 15.0 Å². The van der Waals surface area contributed by atoms with Crippen molar-refractivity contribution in [3.63, 3.8) is 0 Å². The molecular weight excluding hydrogens is 569 g/mol. The molecule has 0 spiro atoms. The number of halogens is 2. The molecule has 0 radical (unpaired) electrons. The van der Waals surface area contributed by atoms with E-state index in [1.807, 2.05) is 44.2 Å². The fourth-order valence-corrected chi connectivity index (χ4v) is 5.30. The summed E-state index contributed by atoms with van der Waals surface area (Å²) in [4.78, 5) is 28.9. The predicted octanol–water partition coefficient (Wildman–Crippen LogP) is 4.67. The van der Waals surface area contributed by atoms with Crippen molar-refractivity contribution in [1.82, 2.24) is 10.2 Å². The third-order valence-corrected chi connectivity index (χ3v) is 7.79. The number of anilines is 1. The van der Waals surface area contributed by atoms with Gasteiger partial charge in [0.15, 0.2) is 0 Å². The lowest BCUT2D eigenvalue weighted by Gasteiger charge is -2.33. The van der Waals surface area contributed by atoms with Crippen molar-refractivity contribution in [2.75, 3.05) is 30.8 Å². The predicted molar refractivity (Wildman–Crippen MR) is 159 cm³/mol. The average Bonchev–Trinajstić information content (AvgIpc) is 2.93. The monoisotopic (exact) mass is 603 g/mol. The van der Waals surface area contributed by atoms with E-state index in [4.69, 9.17) is 16.3 Å². The molecule has 1 N–H and O–H groups in total. The van der Waals surface area contributed by atoms with E-state index in [-0.39, 0.29) is 35.2 Å². The van der Waals surface area contributed by atoms with Crippen molar-refractivity contribution >= 4 is 39.1 Å². The molecule has 0 aromatic heterocycles. The summed E-state index contributed by atoms with van der Waals surface area (Å²) in [5.41, 5.74) is 1.11. The first kappa shape index (κ1) is 31.9. The van der Waals surface area contributed by atoms with Gasteiger partial charge in [0.25, 0.3) is 0 Å². The summed E-state index contributed by atoms with van der Waals surface area (Å²) in [5.74, 6) is -1.18. The third kappa shape index (κ3) is 8.93. The normalized spacial score (nSPS) is 12.1. The van der Waals surface area contributed by atoms with Crippen LogP contribution in [0.25, 0.3) is 0 Å². The van der Waals surface area contributed by atoms with E-state index in [1.165, 1.54) is 48.4 Å². The molecule has 1 atom stereocenters. The number of nitrogens with one attached hydrogen (secondary N) is 1. The van der Waals surface area contributed by atoms with E-state index >= 15 is 0 Å². The van der Waals surface area contributed by atoms with Gasteiger partial charge in [-0.25, -0.2) is 12.8 Å². The Labute approximate surface area is 246 Å². The summed E-state index contributed by atoms with van der Waals surface area (Å²) in [7, 11) is -2.55. The Morgan fingerprint density at radius 2 is 1.68 bits per heavy atom. The van der Waals surface area contributed by atoms with Crippen LogP contribution in [0.4, 0.5) is 10.1 Å². The maximum Gasteiger partial charge on any atom is 0.244 e. The van der Waals surface area contributed by atoms with E-state index in [1.54, 1.807) is 6.07 Å². The van der Waals surface area contributed by atoms with Crippen molar-refractivity contribution < 1.29 is 27.1 Å². The minimum atomic E-state index is -3.98. The number of methoxy groups -OCH3 is 1. The fourth-order valence-electron chi connectivity index (χ4n) is 4.21. The lowest BCUT2D eigenvalue weighted by molar-refractivity contribution is -0.140. The largest absolute Gasteiger partial charge is 0.495 e. The van der Waals surface area contributed by atoms with Crippen LogP contribution in [-0.4, -0.2) is 57.6 Å². The quantitative estimate of drug-likeness (QED) is 0.306. The van der Waals surface area contributed by atoms with Crippen LogP contribution in [-0.2, 0) is 32.6 Å². The Morgan fingerprint density at radius 1 is 1.02 bits per heavy atom. The van der Waals surface area contributed by atoms with Gasteiger partial charge in [0, 0.05) is 25.1 Å². The molecule has 2 amide bonds. The second kappa shape index (κ2) is 14.3. The number of sulfonamides is 1. The molecule has 0 saturated carbocycles. The average molecular weight is 604 g/mol. The van der Waals surface area contributed by atoms with Crippen LogP contribution in [0, 0.1) is 11.7 Å². The second-order valence-electron chi connectivity index (χ2n) is 10.0. The summed E-state index contributed by atoms with van der Waals surface area (Å²) in [6.45, 7) is 3.36. The van der Waals surface area contributed by atoms with Gasteiger partial charge in [-0.3, -0.25) is 13.9 Å². The summed E-state index contributed by atoms with van der Waals surface area (Å²) in [6.07, 6.45) is 1.11. The minimum Gasteiger partial charge on any atom is -0.495 e. The lowest BCUT2D eigenvalue weighted by Crippen LogP contribution is -2.53. The highest BCUT2D eigenvalue weighted by atomic mass is 35.5. The SMILES string of the molecule is COc1ccc(N(CC(=O)N(Cc2ccccc2F)[C@H](Cc2ccccc2)C(=O)NCC(C)C)S(C)(=O)=O)cc1Cl. The number of rotatable bonds is 13. The lowest BCUT2D eigenvalue weighted by atomic mass is 10.0. The molecule has 0 aliphatic carbocycles. The highest BCUT2D eigenvalue weighted by Gasteiger charge is 2.33. The number of benzene rings is 3. The van der Waals surface area contributed by atoms with Gasteiger partial charge in [0.2, 0.25) is 21.8 Å². The fraction of sp³-hybridized carbons (Fsp3) is 0.333. The zero-order chi connectivity index (χ0) is 30.2. The van der Waals surface area contributed by atoms with Gasteiger partial charge in [-0.2, -0.15) is 0 Å². The Balaban J connectivity index is 2.07. The van der Waals surface area contributed by atoms with Gasteiger partial charge in [0.1, 0.15) is 24.2 Å². The molecule has 8 nitrogen and oxygen atoms in total. The molecule has 0 bridgehead atoms. The molecule has 3 rings (SSSR count). The van der Waals surface area contributed by atoms with E-state index in [0.29, 0.717) is 12.3 Å². The van der Waals surface area contributed by atoms with E-state index in [2.05, 4.69) is 5.32 Å². The van der Waals surface area contributed by atoms with E-state index < -0.39 is 40.2 Å². The molecule has 0 aliphatic rings. The smallest absolute Gasteiger partial charge is 0.244 e. The number of hydrogen-bond donors (Lipinski definition) is 1. The summed E-state index contributed by atoms with van der Waals surface area (Å²) in [6, 6.07) is 18.4. The van der Waals surface area contributed by atoms with E-state index in [0.717, 1.165) is 16.1 Å². The molecule has 0 heterocycles. The number of nitrogens with zero attached hydrogens (tertiary/aromatic N) is 2. The molecule has 220 valence electrons. The Hall–Kier alpha value is -3.63. The molecule has 11 heteroatoms. The first-order chi connectivity index (χ1) is 19.4. The van der Waals surface area contributed by atoms with Gasteiger partial charge in [-0.15, -0.1) is 0 Å². The maximum absolute atomic E-state index is 14.8. The Morgan fingerprint density at radius 3 is 2.27 bits per heavy atom.